The summed E-state index contributed by atoms with van der Waals surface area (Å²) in [4.78, 5) is 7.39. The summed E-state index contributed by atoms with van der Waals surface area (Å²) in [5.41, 5.74) is -1.05. The fraction of sp³-hybridized carbons (Fsp3) is 0.375. The van der Waals surface area contributed by atoms with Crippen LogP contribution in [0, 0.1) is 5.82 Å². The van der Waals surface area contributed by atoms with E-state index in [1.807, 2.05) is 0 Å². The monoisotopic (exact) mass is 426 g/mol. The third-order valence-corrected chi connectivity index (χ3v) is 4.33. The van der Waals surface area contributed by atoms with Gasteiger partial charge in [-0.2, -0.15) is 22.0 Å². The molecule has 0 bridgehead atoms. The lowest BCUT2D eigenvalue weighted by Crippen LogP contribution is -2.38. The molecular weight excluding hydrogens is 410 g/mol. The number of halogens is 6. The van der Waals surface area contributed by atoms with Crippen LogP contribution in [0.25, 0.3) is 0 Å². The number of ether oxygens (including phenoxy) is 1. The van der Waals surface area contributed by atoms with Gasteiger partial charge in [-0.05, 0) is 12.1 Å². The van der Waals surface area contributed by atoms with E-state index in [1.54, 1.807) is 0 Å². The van der Waals surface area contributed by atoms with Crippen LogP contribution in [-0.2, 0) is 19.1 Å². The first-order valence-corrected chi connectivity index (χ1v) is 8.77. The molecule has 0 aliphatic heterocycles. The zero-order valence-electron chi connectivity index (χ0n) is 14.5. The largest absolute Gasteiger partial charge is 0.434 e. The number of guanidine groups is 1. The first-order chi connectivity index (χ1) is 13.2. The highest BCUT2D eigenvalue weighted by molar-refractivity contribution is 7.09. The molecule has 1 heterocycles. The van der Waals surface area contributed by atoms with Crippen molar-refractivity contribution in [3.05, 3.63) is 45.7 Å². The summed E-state index contributed by atoms with van der Waals surface area (Å²) in [7, 11) is 1.43. The first kappa shape index (κ1) is 21.8. The van der Waals surface area contributed by atoms with Crippen molar-refractivity contribution < 1.29 is 31.1 Å². The summed E-state index contributed by atoms with van der Waals surface area (Å²) in [5.74, 6) is -0.831. The quantitative estimate of drug-likeness (QED) is 0.402. The molecule has 28 heavy (non-hydrogen) atoms. The Balaban J connectivity index is 1.89. The Morgan fingerprint density at radius 3 is 2.64 bits per heavy atom. The third-order valence-electron chi connectivity index (χ3n) is 3.42. The number of benzene rings is 1. The van der Waals surface area contributed by atoms with Crippen LogP contribution in [0.4, 0.5) is 26.3 Å². The molecule has 0 spiro atoms. The minimum absolute atomic E-state index is 0.111. The van der Waals surface area contributed by atoms with E-state index in [-0.39, 0.29) is 41.8 Å². The van der Waals surface area contributed by atoms with E-state index in [0.29, 0.717) is 0 Å². The van der Waals surface area contributed by atoms with Gasteiger partial charge in [-0.3, -0.25) is 4.99 Å². The van der Waals surface area contributed by atoms with Gasteiger partial charge >= 0.3 is 12.8 Å². The van der Waals surface area contributed by atoms with Crippen molar-refractivity contribution in [1.82, 2.24) is 15.6 Å². The number of aromatic nitrogens is 1. The van der Waals surface area contributed by atoms with Gasteiger partial charge in [0.25, 0.3) is 0 Å². The summed E-state index contributed by atoms with van der Waals surface area (Å²) < 4.78 is 80.6. The number of thiazole rings is 1. The molecule has 1 aromatic carbocycles. The van der Waals surface area contributed by atoms with Crippen molar-refractivity contribution in [2.24, 2.45) is 4.99 Å². The Morgan fingerprint density at radius 1 is 1.29 bits per heavy atom. The SMILES string of the molecule is CN=C(NCCc1nc(C(F)(F)F)cs1)NCc1c(F)cccc1OC(F)F. The Labute approximate surface area is 160 Å². The number of hydrogen-bond acceptors (Lipinski definition) is 4. The molecule has 0 aliphatic carbocycles. The number of alkyl halides is 5. The average Bonchev–Trinajstić information content (AvgIpc) is 3.08. The molecule has 12 heteroatoms. The van der Waals surface area contributed by atoms with E-state index in [2.05, 4.69) is 25.3 Å². The molecule has 1 aromatic heterocycles. The fourth-order valence-electron chi connectivity index (χ4n) is 2.15. The Kier molecular flexibility index (Phi) is 7.49. The standard InChI is InChI=1S/C16H16F6N4OS/c1-23-15(24-6-5-13-26-12(8-28-13)16(20,21)22)25-7-9-10(17)3-2-4-11(9)27-14(18)19/h2-4,8,14H,5-7H2,1H3,(H2,23,24,25). The van der Waals surface area contributed by atoms with E-state index in [1.165, 1.54) is 19.2 Å². The summed E-state index contributed by atoms with van der Waals surface area (Å²) in [6.45, 7) is -3.08. The topological polar surface area (TPSA) is 58.5 Å². The first-order valence-electron chi connectivity index (χ1n) is 7.89. The van der Waals surface area contributed by atoms with Gasteiger partial charge in [0.1, 0.15) is 11.6 Å². The van der Waals surface area contributed by atoms with Gasteiger partial charge in [0, 0.05) is 37.5 Å². The molecule has 0 amide bonds. The van der Waals surface area contributed by atoms with Crippen LogP contribution in [0.5, 0.6) is 5.75 Å². The van der Waals surface area contributed by atoms with Gasteiger partial charge in [0.2, 0.25) is 0 Å². The van der Waals surface area contributed by atoms with Crippen molar-refractivity contribution in [3.8, 4) is 5.75 Å². The lowest BCUT2D eigenvalue weighted by Gasteiger charge is -2.15. The summed E-state index contributed by atoms with van der Waals surface area (Å²) >= 11 is 0.887. The minimum Gasteiger partial charge on any atom is -0.434 e. The van der Waals surface area contributed by atoms with Crippen molar-refractivity contribution >= 4 is 17.3 Å². The predicted molar refractivity (Wildman–Crippen MR) is 92.1 cm³/mol. The van der Waals surface area contributed by atoms with E-state index in [0.717, 1.165) is 22.8 Å². The zero-order chi connectivity index (χ0) is 20.7. The number of rotatable bonds is 7. The van der Waals surface area contributed by atoms with Crippen LogP contribution < -0.4 is 15.4 Å². The highest BCUT2D eigenvalue weighted by atomic mass is 32.1. The molecule has 0 atom stereocenters. The van der Waals surface area contributed by atoms with Crippen LogP contribution in [0.3, 0.4) is 0 Å². The molecule has 0 saturated heterocycles. The van der Waals surface area contributed by atoms with Crippen LogP contribution in [0.15, 0.2) is 28.6 Å². The molecule has 2 aromatic rings. The van der Waals surface area contributed by atoms with Crippen LogP contribution in [-0.4, -0.2) is 31.1 Å². The minimum atomic E-state index is -4.49. The normalized spacial score (nSPS) is 12.4. The maximum Gasteiger partial charge on any atom is 0.434 e. The molecule has 0 unspecified atom stereocenters. The number of hydrogen-bond donors (Lipinski definition) is 2. The molecule has 5 nitrogen and oxygen atoms in total. The second-order valence-electron chi connectivity index (χ2n) is 5.32. The predicted octanol–water partition coefficient (Wildman–Crippen LogP) is 3.81. The Hall–Kier alpha value is -2.50. The number of nitrogens with zero attached hydrogens (tertiary/aromatic N) is 2. The molecule has 0 fully saturated rings. The van der Waals surface area contributed by atoms with Crippen molar-refractivity contribution in [3.63, 3.8) is 0 Å². The summed E-state index contributed by atoms with van der Waals surface area (Å²) in [6, 6.07) is 3.56. The van der Waals surface area contributed by atoms with Gasteiger partial charge in [-0.15, -0.1) is 11.3 Å². The average molecular weight is 426 g/mol. The third kappa shape index (κ3) is 6.29. The summed E-state index contributed by atoms with van der Waals surface area (Å²) in [6.07, 6.45) is -4.28. The molecule has 2 N–H and O–H groups in total. The maximum absolute atomic E-state index is 13.9. The second-order valence-corrected chi connectivity index (χ2v) is 6.26. The number of aliphatic imine (C=N–C) groups is 1. The van der Waals surface area contributed by atoms with Gasteiger partial charge in [-0.25, -0.2) is 9.37 Å². The molecule has 0 saturated carbocycles. The van der Waals surface area contributed by atoms with Gasteiger partial charge < -0.3 is 15.4 Å². The van der Waals surface area contributed by atoms with E-state index in [9.17, 15) is 26.3 Å². The molecule has 154 valence electrons. The molecule has 0 aliphatic rings. The van der Waals surface area contributed by atoms with E-state index >= 15 is 0 Å². The molecular formula is C16H16F6N4OS. The van der Waals surface area contributed by atoms with Crippen molar-refractivity contribution in [1.29, 1.82) is 0 Å². The van der Waals surface area contributed by atoms with E-state index in [4.69, 9.17) is 0 Å². The highest BCUT2D eigenvalue weighted by Gasteiger charge is 2.33. The lowest BCUT2D eigenvalue weighted by atomic mass is 10.2. The highest BCUT2D eigenvalue weighted by Crippen LogP contribution is 2.30. The van der Waals surface area contributed by atoms with Crippen molar-refractivity contribution in [2.75, 3.05) is 13.6 Å². The molecule has 0 radical (unpaired) electrons. The van der Waals surface area contributed by atoms with Gasteiger partial charge in [0.05, 0.1) is 5.01 Å². The maximum atomic E-state index is 13.9. The van der Waals surface area contributed by atoms with Gasteiger partial charge in [0.15, 0.2) is 11.7 Å². The van der Waals surface area contributed by atoms with Crippen LogP contribution >= 0.6 is 11.3 Å². The zero-order valence-corrected chi connectivity index (χ0v) is 15.3. The van der Waals surface area contributed by atoms with Crippen LogP contribution in [0.1, 0.15) is 16.3 Å². The summed E-state index contributed by atoms with van der Waals surface area (Å²) in [5, 5.41) is 6.79. The van der Waals surface area contributed by atoms with Crippen molar-refractivity contribution in [2.45, 2.75) is 25.8 Å². The Bertz CT molecular complexity index is 809. The second kappa shape index (κ2) is 9.62. The van der Waals surface area contributed by atoms with E-state index < -0.39 is 24.3 Å². The lowest BCUT2D eigenvalue weighted by molar-refractivity contribution is -0.140. The molecule has 2 rings (SSSR count). The Morgan fingerprint density at radius 2 is 2.04 bits per heavy atom. The van der Waals surface area contributed by atoms with Crippen LogP contribution in [0.2, 0.25) is 0 Å². The number of nitrogens with one attached hydrogen (secondary N) is 2. The smallest absolute Gasteiger partial charge is 0.434 e. The fourth-order valence-corrected chi connectivity index (χ4v) is 2.96. The van der Waals surface area contributed by atoms with Gasteiger partial charge in [-0.1, -0.05) is 6.07 Å².